The first-order valence-corrected chi connectivity index (χ1v) is 14.1. The van der Waals surface area contributed by atoms with Gasteiger partial charge in [-0.25, -0.2) is 4.39 Å². The Kier molecular flexibility index (Phi) is 8.45. The summed E-state index contributed by atoms with van der Waals surface area (Å²) >= 11 is 0. The van der Waals surface area contributed by atoms with Crippen LogP contribution in [0.3, 0.4) is 0 Å². The fourth-order valence-corrected chi connectivity index (χ4v) is 5.65. The Morgan fingerprint density at radius 2 is 1.74 bits per heavy atom. The Bertz CT molecular complexity index is 1780. The number of amides is 2. The molecule has 1 atom stereocenters. The number of halogens is 1. The Morgan fingerprint density at radius 1 is 1.05 bits per heavy atom. The minimum absolute atomic E-state index is 0.000112. The summed E-state index contributed by atoms with van der Waals surface area (Å²) in [6, 6.07) is 18.0. The summed E-state index contributed by atoms with van der Waals surface area (Å²) in [5.74, 6) is -0.413. The molecule has 0 saturated carbocycles. The highest BCUT2D eigenvalue weighted by Gasteiger charge is 2.27. The van der Waals surface area contributed by atoms with Crippen LogP contribution in [0, 0.1) is 19.7 Å². The highest BCUT2D eigenvalue weighted by atomic mass is 19.1. The van der Waals surface area contributed by atoms with Gasteiger partial charge in [-0.1, -0.05) is 30.3 Å². The number of aromatic nitrogens is 1. The van der Waals surface area contributed by atoms with Crippen molar-refractivity contribution in [2.45, 2.75) is 32.9 Å². The monoisotopic (exact) mass is 582 g/mol. The summed E-state index contributed by atoms with van der Waals surface area (Å²) in [5, 5.41) is 5.72. The number of hydrogen-bond acceptors (Lipinski definition) is 5. The summed E-state index contributed by atoms with van der Waals surface area (Å²) < 4.78 is 22.6. The maximum atomic E-state index is 15.6. The molecular weight excluding hydrogens is 547 g/mol. The highest BCUT2D eigenvalue weighted by Crippen LogP contribution is 2.38. The van der Waals surface area contributed by atoms with Crippen molar-refractivity contribution in [2.24, 2.45) is 7.05 Å². The van der Waals surface area contributed by atoms with Crippen molar-refractivity contribution in [3.05, 3.63) is 105 Å². The second kappa shape index (κ2) is 12.2. The number of methoxy groups -OCH3 is 1. The van der Waals surface area contributed by atoms with Crippen LogP contribution < -0.4 is 20.9 Å². The normalized spacial score (nSPS) is 14.6. The van der Waals surface area contributed by atoms with E-state index in [1.807, 2.05) is 62.2 Å². The number of anilines is 1. The number of aryl methyl sites for hydroxylation is 1. The largest absolute Gasteiger partial charge is 0.496 e. The van der Waals surface area contributed by atoms with E-state index >= 15 is 4.39 Å². The lowest BCUT2D eigenvalue weighted by Crippen LogP contribution is -2.33. The van der Waals surface area contributed by atoms with Crippen molar-refractivity contribution < 1.29 is 18.7 Å². The zero-order valence-corrected chi connectivity index (χ0v) is 25.0. The molecule has 2 amide bonds. The van der Waals surface area contributed by atoms with Crippen LogP contribution in [0.2, 0.25) is 0 Å². The van der Waals surface area contributed by atoms with Gasteiger partial charge in [-0.2, -0.15) is 0 Å². The third-order valence-electron chi connectivity index (χ3n) is 8.25. The van der Waals surface area contributed by atoms with E-state index < -0.39 is 5.91 Å². The van der Waals surface area contributed by atoms with Gasteiger partial charge in [0, 0.05) is 50.0 Å². The van der Waals surface area contributed by atoms with Gasteiger partial charge in [0.05, 0.1) is 7.11 Å². The number of pyridine rings is 1. The summed E-state index contributed by atoms with van der Waals surface area (Å²) in [4.78, 5) is 39.1. The van der Waals surface area contributed by atoms with Crippen LogP contribution in [0.5, 0.6) is 5.75 Å². The Hall–Kier alpha value is -4.76. The molecule has 1 fully saturated rings. The number of rotatable bonds is 8. The third kappa shape index (κ3) is 5.94. The molecule has 1 aromatic heterocycles. The van der Waals surface area contributed by atoms with Crippen molar-refractivity contribution in [3.63, 3.8) is 0 Å². The molecule has 1 aliphatic rings. The van der Waals surface area contributed by atoms with Crippen LogP contribution in [0.25, 0.3) is 22.3 Å². The predicted molar refractivity (Wildman–Crippen MR) is 166 cm³/mol. The Morgan fingerprint density at radius 3 is 2.44 bits per heavy atom. The van der Waals surface area contributed by atoms with Crippen molar-refractivity contribution in [1.82, 2.24) is 14.8 Å². The molecule has 8 nitrogen and oxygen atoms in total. The maximum absolute atomic E-state index is 15.6. The third-order valence-corrected chi connectivity index (χ3v) is 8.25. The minimum Gasteiger partial charge on any atom is -0.496 e. The molecule has 4 aromatic rings. The van der Waals surface area contributed by atoms with E-state index in [1.54, 1.807) is 25.4 Å². The molecule has 1 aliphatic heterocycles. The van der Waals surface area contributed by atoms with Gasteiger partial charge in [0.15, 0.2) is 0 Å². The number of ether oxygens (including phenoxy) is 1. The van der Waals surface area contributed by atoms with Crippen LogP contribution in [-0.4, -0.2) is 48.0 Å². The van der Waals surface area contributed by atoms with Crippen molar-refractivity contribution >= 4 is 17.5 Å². The van der Waals surface area contributed by atoms with E-state index in [4.69, 9.17) is 4.74 Å². The number of benzene rings is 3. The van der Waals surface area contributed by atoms with Crippen molar-refractivity contribution in [3.8, 4) is 28.0 Å². The molecule has 0 radical (unpaired) electrons. The topological polar surface area (TPSA) is 92.7 Å². The average molecular weight is 583 g/mol. The molecule has 3 aromatic carbocycles. The molecule has 0 unspecified atom stereocenters. The lowest BCUT2D eigenvalue weighted by atomic mass is 9.90. The van der Waals surface area contributed by atoms with E-state index in [0.29, 0.717) is 42.1 Å². The van der Waals surface area contributed by atoms with Crippen molar-refractivity contribution in [1.29, 1.82) is 0 Å². The number of likely N-dealkylation sites (N-methyl/N-ethyl adjacent to an activating group) is 1. The minimum atomic E-state index is -0.476. The maximum Gasteiger partial charge on any atom is 0.263 e. The second-order valence-electron chi connectivity index (χ2n) is 11.0. The molecule has 0 spiro atoms. The molecule has 9 heteroatoms. The fourth-order valence-electron chi connectivity index (χ4n) is 5.65. The number of carbonyl (C=O) groups excluding carboxylic acids is 2. The van der Waals surface area contributed by atoms with E-state index in [-0.39, 0.29) is 28.9 Å². The van der Waals surface area contributed by atoms with Crippen molar-refractivity contribution in [2.75, 3.05) is 26.0 Å². The molecule has 43 heavy (non-hydrogen) atoms. The van der Waals surface area contributed by atoms with Crippen LogP contribution in [-0.2, 0) is 18.4 Å². The van der Waals surface area contributed by atoms with Crippen LogP contribution in [0.15, 0.2) is 71.7 Å². The first kappa shape index (κ1) is 29.7. The van der Waals surface area contributed by atoms with E-state index in [2.05, 4.69) is 10.6 Å². The summed E-state index contributed by atoms with van der Waals surface area (Å²) in [6.45, 7) is 4.75. The molecule has 2 N–H and O–H groups in total. The summed E-state index contributed by atoms with van der Waals surface area (Å²) in [5.41, 5.74) is 5.87. The van der Waals surface area contributed by atoms with E-state index in [1.165, 1.54) is 23.8 Å². The van der Waals surface area contributed by atoms with Crippen LogP contribution in [0.1, 0.15) is 33.5 Å². The Labute approximate surface area is 250 Å². The SMILES string of the molecule is COc1cc(-c2cccc(-c3cccc(NC(=O)c4cccn(C)c4=O)c3C)c2C)cc(F)c1CN(C)[C@@H]1CNC(=O)C1. The number of carbonyl (C=O) groups is 2. The fraction of sp³-hybridized carbons (Fsp3) is 0.265. The predicted octanol–water partition coefficient (Wildman–Crippen LogP) is 5.06. The first-order valence-electron chi connectivity index (χ1n) is 14.1. The highest BCUT2D eigenvalue weighted by molar-refractivity contribution is 6.05. The number of nitrogens with zero attached hydrogens (tertiary/aromatic N) is 2. The summed E-state index contributed by atoms with van der Waals surface area (Å²) in [6.07, 6.45) is 1.99. The van der Waals surface area contributed by atoms with Gasteiger partial charge in [-0.15, -0.1) is 0 Å². The number of hydrogen-bond donors (Lipinski definition) is 2. The van der Waals surface area contributed by atoms with Gasteiger partial charge >= 0.3 is 0 Å². The molecule has 5 rings (SSSR count). The van der Waals surface area contributed by atoms with Gasteiger partial charge in [-0.3, -0.25) is 19.3 Å². The second-order valence-corrected chi connectivity index (χ2v) is 11.0. The lowest BCUT2D eigenvalue weighted by Gasteiger charge is -2.24. The molecule has 222 valence electrons. The Balaban J connectivity index is 1.46. The van der Waals surface area contributed by atoms with Gasteiger partial charge in [-0.05, 0) is 84.6 Å². The smallest absolute Gasteiger partial charge is 0.263 e. The zero-order chi connectivity index (χ0) is 30.8. The molecule has 0 aliphatic carbocycles. The molecule has 0 bridgehead atoms. The lowest BCUT2D eigenvalue weighted by molar-refractivity contribution is -0.119. The number of nitrogens with one attached hydrogen (secondary N) is 2. The molecule has 1 saturated heterocycles. The average Bonchev–Trinajstić information content (AvgIpc) is 3.43. The van der Waals surface area contributed by atoms with E-state index in [0.717, 1.165) is 27.8 Å². The molecule has 2 heterocycles. The molecular formula is C34H35FN4O4. The standard InChI is InChI=1S/C34H35FN4O4/c1-20-24(22-15-29(35)28(31(16-22)43-5)19-39(4)23-17-32(40)36-18-23)9-6-10-25(20)26-11-7-13-30(21(26)2)37-33(41)27-12-8-14-38(3)34(27)42/h6-16,23H,17-19H2,1-5H3,(H,36,40)(H,37,41)/t23-/m0/s1. The summed E-state index contributed by atoms with van der Waals surface area (Å²) in [7, 11) is 5.01. The van der Waals surface area contributed by atoms with E-state index in [9.17, 15) is 14.4 Å². The van der Waals surface area contributed by atoms with Gasteiger partial charge in [0.25, 0.3) is 11.5 Å². The van der Waals surface area contributed by atoms with Gasteiger partial charge in [0.2, 0.25) is 5.91 Å². The zero-order valence-electron chi connectivity index (χ0n) is 25.0. The van der Waals surface area contributed by atoms with Gasteiger partial charge < -0.3 is 19.9 Å². The van der Waals surface area contributed by atoms with Gasteiger partial charge in [0.1, 0.15) is 17.1 Å². The quantitative estimate of drug-likeness (QED) is 0.303. The first-order chi connectivity index (χ1) is 20.6. The van der Waals surface area contributed by atoms with Crippen LogP contribution >= 0.6 is 0 Å². The van der Waals surface area contributed by atoms with Crippen LogP contribution in [0.4, 0.5) is 10.1 Å².